The fourth-order valence-electron chi connectivity index (χ4n) is 8.08. The van der Waals surface area contributed by atoms with Crippen LogP contribution in [0.5, 0.6) is 0 Å². The van der Waals surface area contributed by atoms with Gasteiger partial charge in [-0.05, 0) is 38.5 Å². The van der Waals surface area contributed by atoms with Gasteiger partial charge >= 0.3 is 13.8 Å². The monoisotopic (exact) mass is 915 g/mol. The number of unbranched alkanes of at least 4 members (excludes halogenated alkanes) is 36. The Labute approximate surface area is 392 Å². The van der Waals surface area contributed by atoms with Gasteiger partial charge in [-0.3, -0.25) is 13.8 Å². The highest BCUT2D eigenvalue weighted by atomic mass is 31.2. The molecule has 0 aliphatic heterocycles. The van der Waals surface area contributed by atoms with Crippen LogP contribution in [-0.4, -0.2) is 75.6 Å². The van der Waals surface area contributed by atoms with Crippen molar-refractivity contribution < 1.29 is 37.3 Å². The van der Waals surface area contributed by atoms with Crippen molar-refractivity contribution in [3.05, 3.63) is 12.2 Å². The van der Waals surface area contributed by atoms with E-state index in [2.05, 4.69) is 26.0 Å². The summed E-state index contributed by atoms with van der Waals surface area (Å²) in [5.74, 6) is -0.307. The Bertz CT molecular complexity index is 1020. The minimum Gasteiger partial charge on any atom is -0.457 e. The fraction of sp³-hybridized carbons (Fsp3) is 0.944. The summed E-state index contributed by atoms with van der Waals surface area (Å²) in [4.78, 5) is 23.0. The summed E-state index contributed by atoms with van der Waals surface area (Å²) in [7, 11) is 1.68. The van der Waals surface area contributed by atoms with Crippen molar-refractivity contribution in [2.45, 2.75) is 277 Å². The lowest BCUT2D eigenvalue weighted by molar-refractivity contribution is -0.870. The van der Waals surface area contributed by atoms with E-state index in [4.69, 9.17) is 18.5 Å². The number of esters is 1. The summed E-state index contributed by atoms with van der Waals surface area (Å²) in [5.41, 5.74) is 0. The lowest BCUT2D eigenvalue weighted by atomic mass is 10.0. The highest BCUT2D eigenvalue weighted by Gasteiger charge is 2.26. The molecule has 0 heterocycles. The van der Waals surface area contributed by atoms with Crippen LogP contribution in [0.2, 0.25) is 0 Å². The summed E-state index contributed by atoms with van der Waals surface area (Å²) in [6.45, 7) is 5.68. The first kappa shape index (κ1) is 62.2. The Kier molecular flexibility index (Phi) is 47.1. The van der Waals surface area contributed by atoms with E-state index >= 15 is 0 Å². The second-order valence-corrected chi connectivity index (χ2v) is 21.4. The van der Waals surface area contributed by atoms with Crippen LogP contribution in [0.15, 0.2) is 12.2 Å². The number of carbonyl (C=O) groups is 1. The average molecular weight is 915 g/mol. The molecule has 0 fully saturated rings. The zero-order valence-corrected chi connectivity index (χ0v) is 43.7. The third-order valence-corrected chi connectivity index (χ3v) is 13.3. The second-order valence-electron chi connectivity index (χ2n) is 20.0. The number of phosphoric ester groups is 1. The Morgan fingerprint density at radius 1 is 0.476 bits per heavy atom. The molecule has 0 amide bonds. The Hall–Kier alpha value is -0.760. The SMILES string of the molecule is CCCCCCCC/C=C\CCCCCCCCCCOCC(COP(=O)(O)OCC[N+](C)(C)C)OC(=O)CCCCCCCCCCCCCCCCCCCCCCCCC. The van der Waals surface area contributed by atoms with Crippen LogP contribution in [0.3, 0.4) is 0 Å². The number of ether oxygens (including phenoxy) is 2. The van der Waals surface area contributed by atoms with E-state index in [0.717, 1.165) is 32.1 Å². The largest absolute Gasteiger partial charge is 0.472 e. The van der Waals surface area contributed by atoms with Crippen LogP contribution < -0.4 is 0 Å². The van der Waals surface area contributed by atoms with Gasteiger partial charge in [0, 0.05) is 13.0 Å². The number of rotatable bonds is 52. The normalized spacial score (nSPS) is 13.6. The van der Waals surface area contributed by atoms with Crippen molar-refractivity contribution in [2.75, 3.05) is 54.1 Å². The molecule has 0 saturated carbocycles. The number of nitrogens with zero attached hydrogens (tertiary/aromatic N) is 1. The van der Waals surface area contributed by atoms with Gasteiger partial charge in [-0.15, -0.1) is 0 Å². The van der Waals surface area contributed by atoms with Crippen LogP contribution >= 0.6 is 7.82 Å². The van der Waals surface area contributed by atoms with Crippen LogP contribution in [0.4, 0.5) is 0 Å². The van der Waals surface area contributed by atoms with Crippen molar-refractivity contribution in [3.8, 4) is 0 Å². The van der Waals surface area contributed by atoms with Gasteiger partial charge in [-0.1, -0.05) is 238 Å². The van der Waals surface area contributed by atoms with Gasteiger partial charge in [0.15, 0.2) is 0 Å². The van der Waals surface area contributed by atoms with Crippen molar-refractivity contribution in [1.29, 1.82) is 0 Å². The maximum absolute atomic E-state index is 12.8. The molecule has 9 heteroatoms. The molecule has 0 aliphatic carbocycles. The predicted molar refractivity (Wildman–Crippen MR) is 270 cm³/mol. The molecule has 1 N–H and O–H groups in total. The molecule has 0 spiro atoms. The zero-order chi connectivity index (χ0) is 46.2. The summed E-state index contributed by atoms with van der Waals surface area (Å²) in [5, 5.41) is 0. The van der Waals surface area contributed by atoms with Gasteiger partial charge < -0.3 is 18.9 Å². The molecule has 0 aromatic carbocycles. The van der Waals surface area contributed by atoms with Gasteiger partial charge in [0.05, 0.1) is 34.4 Å². The number of carbonyl (C=O) groups excluding carboxylic acids is 1. The van der Waals surface area contributed by atoms with Crippen molar-refractivity contribution in [1.82, 2.24) is 0 Å². The number of quaternary nitrogens is 1. The van der Waals surface area contributed by atoms with Crippen molar-refractivity contribution >= 4 is 13.8 Å². The van der Waals surface area contributed by atoms with E-state index in [1.54, 1.807) is 0 Å². The second kappa shape index (κ2) is 47.7. The van der Waals surface area contributed by atoms with E-state index in [0.29, 0.717) is 24.1 Å². The molecule has 0 rings (SSSR count). The maximum atomic E-state index is 12.8. The fourth-order valence-corrected chi connectivity index (χ4v) is 8.82. The summed E-state index contributed by atoms with van der Waals surface area (Å²) >= 11 is 0. The van der Waals surface area contributed by atoms with Gasteiger partial charge in [-0.25, -0.2) is 4.57 Å². The Morgan fingerprint density at radius 2 is 0.825 bits per heavy atom. The molecular weight excluding hydrogens is 806 g/mol. The molecule has 376 valence electrons. The lowest BCUT2D eigenvalue weighted by Gasteiger charge is -2.24. The third-order valence-electron chi connectivity index (χ3n) is 12.3. The van der Waals surface area contributed by atoms with Crippen molar-refractivity contribution in [3.63, 3.8) is 0 Å². The van der Waals surface area contributed by atoms with Gasteiger partial charge in [0.25, 0.3) is 0 Å². The van der Waals surface area contributed by atoms with Crippen molar-refractivity contribution in [2.24, 2.45) is 0 Å². The third kappa shape index (κ3) is 52.1. The number of allylic oxidation sites excluding steroid dienone is 2. The van der Waals surface area contributed by atoms with E-state index in [-0.39, 0.29) is 25.8 Å². The van der Waals surface area contributed by atoms with E-state index in [1.807, 2.05) is 21.1 Å². The minimum atomic E-state index is -4.28. The standard InChI is InChI=1S/C54H108NO7P/c1-6-8-10-12-14-16-18-20-22-24-26-27-28-29-30-31-33-35-37-39-41-43-45-47-54(56)62-53(52-61-63(57,58)60-50-48-55(3,4)5)51-59-49-46-44-42-40-38-36-34-32-25-23-21-19-17-15-13-11-9-7-2/h21,23,53H,6-20,22,24-52H2,1-5H3/p+1/b23-21-. The molecular formula is C54H109NO7P+. The number of phosphoric acid groups is 1. The smallest absolute Gasteiger partial charge is 0.457 e. The number of hydrogen-bond donors (Lipinski definition) is 1. The maximum Gasteiger partial charge on any atom is 0.472 e. The first-order valence-electron chi connectivity index (χ1n) is 27.4. The minimum absolute atomic E-state index is 0.0917. The van der Waals surface area contributed by atoms with Gasteiger partial charge in [0.1, 0.15) is 19.3 Å². The van der Waals surface area contributed by atoms with Gasteiger partial charge in [-0.2, -0.15) is 0 Å². The molecule has 0 aromatic rings. The highest BCUT2D eigenvalue weighted by Crippen LogP contribution is 2.43. The first-order valence-corrected chi connectivity index (χ1v) is 28.9. The molecule has 0 aliphatic rings. The Balaban J connectivity index is 4.05. The zero-order valence-electron chi connectivity index (χ0n) is 42.8. The molecule has 63 heavy (non-hydrogen) atoms. The highest BCUT2D eigenvalue weighted by molar-refractivity contribution is 7.47. The summed E-state index contributed by atoms with van der Waals surface area (Å²) in [6.07, 6.45) is 55.5. The molecule has 8 nitrogen and oxygen atoms in total. The average Bonchev–Trinajstić information content (AvgIpc) is 3.24. The molecule has 0 bridgehead atoms. The van der Waals surface area contributed by atoms with Gasteiger partial charge in [0.2, 0.25) is 0 Å². The first-order chi connectivity index (χ1) is 30.6. The van der Waals surface area contributed by atoms with Crippen LogP contribution in [0, 0.1) is 0 Å². The predicted octanol–water partition coefficient (Wildman–Crippen LogP) is 17.0. The van der Waals surface area contributed by atoms with E-state index in [9.17, 15) is 14.3 Å². The molecule has 2 atom stereocenters. The van der Waals surface area contributed by atoms with Crippen LogP contribution in [-0.2, 0) is 27.9 Å². The van der Waals surface area contributed by atoms with E-state index < -0.39 is 13.9 Å². The molecule has 0 saturated heterocycles. The number of likely N-dealkylation sites (N-methyl/N-ethyl adjacent to an activating group) is 1. The summed E-state index contributed by atoms with van der Waals surface area (Å²) < 4.78 is 35.2. The van der Waals surface area contributed by atoms with E-state index in [1.165, 1.54) is 218 Å². The summed E-state index contributed by atoms with van der Waals surface area (Å²) in [6, 6.07) is 0. The van der Waals surface area contributed by atoms with Crippen LogP contribution in [0.25, 0.3) is 0 Å². The molecule has 0 aromatic heterocycles. The Morgan fingerprint density at radius 3 is 1.21 bits per heavy atom. The van der Waals surface area contributed by atoms with Crippen LogP contribution in [0.1, 0.15) is 271 Å². The molecule has 0 radical (unpaired) electrons. The topological polar surface area (TPSA) is 91.3 Å². The lowest BCUT2D eigenvalue weighted by Crippen LogP contribution is -2.37. The quantitative estimate of drug-likeness (QED) is 0.0214. The number of hydrogen-bond acceptors (Lipinski definition) is 6. The molecule has 2 unspecified atom stereocenters.